The molecule has 0 aliphatic carbocycles. The van der Waals surface area contributed by atoms with Crippen LogP contribution in [0.2, 0.25) is 0 Å². The molecule has 4 heteroatoms. The minimum Gasteiger partial charge on any atom is -0.274 e. The zero-order valence-electron chi connectivity index (χ0n) is 9.78. The van der Waals surface area contributed by atoms with Crippen molar-refractivity contribution in [3.05, 3.63) is 23.2 Å². The molecule has 0 saturated carbocycles. The van der Waals surface area contributed by atoms with E-state index in [0.717, 1.165) is 16.8 Å². The number of rotatable bonds is 3. The van der Waals surface area contributed by atoms with Crippen molar-refractivity contribution in [3.8, 4) is 0 Å². The predicted octanol–water partition coefficient (Wildman–Crippen LogP) is 3.95. The fraction of sp³-hybridized carbons (Fsp3) is 0.417. The number of nitrogens with zero attached hydrogens (tertiary/aromatic N) is 1. The van der Waals surface area contributed by atoms with Crippen LogP contribution >= 0.6 is 23.3 Å². The van der Waals surface area contributed by atoms with Crippen LogP contribution in [0.4, 0.5) is 0 Å². The highest BCUT2D eigenvalue weighted by atomic mass is 32.2. The summed E-state index contributed by atoms with van der Waals surface area (Å²) in [6.07, 6.45) is 1.10. The first kappa shape index (κ1) is 11.9. The summed E-state index contributed by atoms with van der Waals surface area (Å²) in [5.74, 6) is 0. The smallest absolute Gasteiger partial charge is 0.0995 e. The van der Waals surface area contributed by atoms with Crippen molar-refractivity contribution in [1.29, 1.82) is 0 Å². The maximum atomic E-state index is 5.65. The van der Waals surface area contributed by atoms with Crippen molar-refractivity contribution in [2.75, 3.05) is 0 Å². The molecule has 2 rings (SSSR count). The lowest BCUT2D eigenvalue weighted by Crippen LogP contribution is -2.14. The molecule has 0 atom stereocenters. The predicted molar refractivity (Wildman–Crippen MR) is 73.0 cm³/mol. The number of fused-ring (bicyclic) bond motifs is 1. The summed E-state index contributed by atoms with van der Waals surface area (Å²) < 4.78 is 1.23. The largest absolute Gasteiger partial charge is 0.274 e. The van der Waals surface area contributed by atoms with Crippen molar-refractivity contribution >= 4 is 33.5 Å². The Bertz CT molecular complexity index is 503. The molecule has 0 amide bonds. The molecule has 0 saturated heterocycles. The molecule has 0 aliphatic rings. The SMILES string of the molecule is CCC(C)(C)c1nc2c(SN)cccc2s1. The maximum absolute atomic E-state index is 5.65. The fourth-order valence-electron chi connectivity index (χ4n) is 1.46. The zero-order chi connectivity index (χ0) is 11.8. The van der Waals surface area contributed by atoms with Crippen LogP contribution in [0.3, 0.4) is 0 Å². The average molecular weight is 252 g/mol. The number of nitrogens with two attached hydrogens (primary N) is 1. The molecule has 1 aromatic heterocycles. The molecule has 1 aromatic carbocycles. The Morgan fingerprint density at radius 2 is 2.19 bits per heavy atom. The highest BCUT2D eigenvalue weighted by Gasteiger charge is 2.23. The zero-order valence-corrected chi connectivity index (χ0v) is 11.4. The second-order valence-corrected chi connectivity index (χ2v) is 6.18. The Kier molecular flexibility index (Phi) is 3.24. The molecule has 86 valence electrons. The van der Waals surface area contributed by atoms with Gasteiger partial charge in [-0.05, 0) is 30.5 Å². The van der Waals surface area contributed by atoms with Crippen LogP contribution in [0.25, 0.3) is 10.2 Å². The van der Waals surface area contributed by atoms with E-state index in [9.17, 15) is 0 Å². The van der Waals surface area contributed by atoms with E-state index in [1.807, 2.05) is 12.1 Å². The van der Waals surface area contributed by atoms with Gasteiger partial charge in [-0.1, -0.05) is 26.8 Å². The quantitative estimate of drug-likeness (QED) is 0.841. The van der Waals surface area contributed by atoms with Crippen molar-refractivity contribution in [2.45, 2.75) is 37.5 Å². The summed E-state index contributed by atoms with van der Waals surface area (Å²) in [7, 11) is 0. The van der Waals surface area contributed by atoms with Gasteiger partial charge in [-0.25, -0.2) is 4.98 Å². The molecule has 2 aromatic rings. The van der Waals surface area contributed by atoms with Crippen LogP contribution in [0.1, 0.15) is 32.2 Å². The highest BCUT2D eigenvalue weighted by molar-refractivity contribution is 7.97. The molecule has 1 heterocycles. The van der Waals surface area contributed by atoms with Crippen molar-refractivity contribution in [1.82, 2.24) is 4.98 Å². The van der Waals surface area contributed by atoms with Crippen LogP contribution < -0.4 is 5.14 Å². The molecular weight excluding hydrogens is 236 g/mol. The second kappa shape index (κ2) is 4.35. The number of thiazole rings is 1. The minimum atomic E-state index is 0.153. The van der Waals surface area contributed by atoms with Gasteiger partial charge in [-0.2, -0.15) is 0 Å². The third kappa shape index (κ3) is 1.97. The standard InChI is InChI=1S/C12H16N2S2/c1-4-12(2,3)11-14-10-8(15-11)6-5-7-9(10)16-13/h5-7H,4,13H2,1-3H3. The van der Waals surface area contributed by atoms with E-state index in [2.05, 4.69) is 26.8 Å². The summed E-state index contributed by atoms with van der Waals surface area (Å²) in [5.41, 5.74) is 1.21. The van der Waals surface area contributed by atoms with Crippen LogP contribution in [-0.2, 0) is 5.41 Å². The molecule has 0 aliphatic heterocycles. The van der Waals surface area contributed by atoms with Gasteiger partial charge in [0.15, 0.2) is 0 Å². The van der Waals surface area contributed by atoms with E-state index in [0.29, 0.717) is 0 Å². The van der Waals surface area contributed by atoms with Crippen LogP contribution in [-0.4, -0.2) is 4.98 Å². The minimum absolute atomic E-state index is 0.153. The van der Waals surface area contributed by atoms with Gasteiger partial charge in [0.25, 0.3) is 0 Å². The summed E-state index contributed by atoms with van der Waals surface area (Å²) in [4.78, 5) is 5.81. The third-order valence-electron chi connectivity index (χ3n) is 2.97. The molecule has 0 unspecified atom stereocenters. The Hall–Kier alpha value is -0.580. The van der Waals surface area contributed by atoms with E-state index >= 15 is 0 Å². The van der Waals surface area contributed by atoms with E-state index in [1.54, 1.807) is 11.3 Å². The highest BCUT2D eigenvalue weighted by Crippen LogP contribution is 2.36. The monoisotopic (exact) mass is 252 g/mol. The van der Waals surface area contributed by atoms with Crippen molar-refractivity contribution in [3.63, 3.8) is 0 Å². The lowest BCUT2D eigenvalue weighted by atomic mass is 9.91. The number of para-hydroxylation sites is 1. The van der Waals surface area contributed by atoms with Gasteiger partial charge in [0.1, 0.15) is 0 Å². The maximum Gasteiger partial charge on any atom is 0.0995 e. The number of hydrogen-bond donors (Lipinski definition) is 1. The van der Waals surface area contributed by atoms with E-state index < -0.39 is 0 Å². The Morgan fingerprint density at radius 1 is 1.44 bits per heavy atom. The van der Waals surface area contributed by atoms with E-state index in [1.165, 1.54) is 21.7 Å². The molecule has 16 heavy (non-hydrogen) atoms. The lowest BCUT2D eigenvalue weighted by Gasteiger charge is -2.18. The van der Waals surface area contributed by atoms with E-state index in [-0.39, 0.29) is 5.41 Å². The molecule has 0 bridgehead atoms. The normalized spacial score (nSPS) is 12.2. The summed E-state index contributed by atoms with van der Waals surface area (Å²) in [6, 6.07) is 6.18. The van der Waals surface area contributed by atoms with Gasteiger partial charge in [0, 0.05) is 10.3 Å². The van der Waals surface area contributed by atoms with Crippen molar-refractivity contribution < 1.29 is 0 Å². The van der Waals surface area contributed by atoms with Gasteiger partial charge in [0.05, 0.1) is 15.2 Å². The van der Waals surface area contributed by atoms with Gasteiger partial charge >= 0.3 is 0 Å². The topological polar surface area (TPSA) is 38.9 Å². The Labute approximate surface area is 104 Å². The Morgan fingerprint density at radius 3 is 2.81 bits per heavy atom. The molecule has 0 radical (unpaired) electrons. The summed E-state index contributed by atoms with van der Waals surface area (Å²) in [6.45, 7) is 6.67. The first-order valence-corrected chi connectivity index (χ1v) is 7.05. The molecule has 0 fully saturated rings. The van der Waals surface area contributed by atoms with Gasteiger partial charge in [0.2, 0.25) is 0 Å². The van der Waals surface area contributed by atoms with Crippen LogP contribution in [0.5, 0.6) is 0 Å². The van der Waals surface area contributed by atoms with Crippen molar-refractivity contribution in [2.24, 2.45) is 5.14 Å². The first-order valence-electron chi connectivity index (χ1n) is 5.35. The average Bonchev–Trinajstić information content (AvgIpc) is 2.73. The molecule has 2 nitrogen and oxygen atoms in total. The number of benzene rings is 1. The van der Waals surface area contributed by atoms with E-state index in [4.69, 9.17) is 10.1 Å². The molecule has 0 spiro atoms. The molecule has 2 N–H and O–H groups in total. The number of aromatic nitrogens is 1. The van der Waals surface area contributed by atoms with Crippen LogP contribution in [0, 0.1) is 0 Å². The Balaban J connectivity index is 2.60. The molecular formula is C12H16N2S2. The summed E-state index contributed by atoms with van der Waals surface area (Å²) >= 11 is 3.05. The van der Waals surface area contributed by atoms with Crippen LogP contribution in [0.15, 0.2) is 23.1 Å². The van der Waals surface area contributed by atoms with Gasteiger partial charge in [-0.15, -0.1) is 11.3 Å². The number of hydrogen-bond acceptors (Lipinski definition) is 4. The first-order chi connectivity index (χ1) is 7.58. The second-order valence-electron chi connectivity index (χ2n) is 4.48. The lowest BCUT2D eigenvalue weighted by molar-refractivity contribution is 0.504. The van der Waals surface area contributed by atoms with Gasteiger partial charge in [-0.3, -0.25) is 5.14 Å². The summed E-state index contributed by atoms with van der Waals surface area (Å²) in [5, 5.41) is 6.85. The third-order valence-corrected chi connectivity index (χ3v) is 4.94. The van der Waals surface area contributed by atoms with Gasteiger partial charge < -0.3 is 0 Å². The fourth-order valence-corrected chi connectivity index (χ4v) is 3.11.